The van der Waals surface area contributed by atoms with Crippen LogP contribution in [-0.2, 0) is 4.74 Å². The minimum Gasteiger partial charge on any atom is -0.464 e. The van der Waals surface area contributed by atoms with Gasteiger partial charge in [-0.05, 0) is 39.0 Å². The Hall–Kier alpha value is -2.22. The lowest BCUT2D eigenvalue weighted by atomic mass is 10.2. The molecule has 8 heteroatoms. The highest BCUT2D eigenvalue weighted by atomic mass is 79.9. The summed E-state index contributed by atoms with van der Waals surface area (Å²) in [4.78, 5) is 27.5. The van der Waals surface area contributed by atoms with Gasteiger partial charge in [0, 0.05) is 42.2 Å². The lowest BCUT2D eigenvalue weighted by molar-refractivity contribution is 0.0240. The maximum absolute atomic E-state index is 12.2. The zero-order chi connectivity index (χ0) is 19.1. The van der Waals surface area contributed by atoms with E-state index in [9.17, 15) is 14.7 Å². The second kappa shape index (κ2) is 6.83. The van der Waals surface area contributed by atoms with Crippen LogP contribution in [0.5, 0.6) is 0 Å². The Kier molecular flexibility index (Phi) is 4.88. The molecule has 1 aliphatic heterocycles. The molecule has 1 aromatic carbocycles. The van der Waals surface area contributed by atoms with Crippen molar-refractivity contribution in [2.75, 3.05) is 31.1 Å². The van der Waals surface area contributed by atoms with Crippen LogP contribution >= 0.6 is 15.9 Å². The van der Waals surface area contributed by atoms with Crippen LogP contribution in [0.25, 0.3) is 10.9 Å². The van der Waals surface area contributed by atoms with Gasteiger partial charge >= 0.3 is 12.2 Å². The Labute approximate surface area is 160 Å². The SMILES string of the molecule is CC(C)(C)OC(=O)N1CCN(c2cn(C(=O)O)c3ccc(Br)cc23)CC1. The molecule has 0 unspecified atom stereocenters. The third kappa shape index (κ3) is 3.80. The van der Waals surface area contributed by atoms with Crippen molar-refractivity contribution in [3.63, 3.8) is 0 Å². The van der Waals surface area contributed by atoms with Crippen molar-refractivity contribution in [2.24, 2.45) is 0 Å². The first-order valence-electron chi connectivity index (χ1n) is 8.42. The van der Waals surface area contributed by atoms with Crippen LogP contribution in [0, 0.1) is 0 Å². The molecule has 0 atom stereocenters. The number of piperazine rings is 1. The van der Waals surface area contributed by atoms with Crippen molar-refractivity contribution in [2.45, 2.75) is 26.4 Å². The van der Waals surface area contributed by atoms with Gasteiger partial charge in [-0.25, -0.2) is 9.59 Å². The van der Waals surface area contributed by atoms with E-state index < -0.39 is 11.7 Å². The summed E-state index contributed by atoms with van der Waals surface area (Å²) < 4.78 is 7.54. The maximum atomic E-state index is 12.2. The molecule has 2 aromatic rings. The van der Waals surface area contributed by atoms with Crippen LogP contribution in [0.3, 0.4) is 0 Å². The van der Waals surface area contributed by atoms with Gasteiger partial charge in [0.1, 0.15) is 5.60 Å². The molecule has 0 aliphatic carbocycles. The predicted octanol–water partition coefficient (Wildman–Crippen LogP) is 3.99. The van der Waals surface area contributed by atoms with Crippen molar-refractivity contribution < 1.29 is 19.4 Å². The summed E-state index contributed by atoms with van der Waals surface area (Å²) >= 11 is 3.45. The molecule has 1 saturated heterocycles. The number of anilines is 1. The van der Waals surface area contributed by atoms with Crippen molar-refractivity contribution >= 4 is 44.7 Å². The van der Waals surface area contributed by atoms with Crippen LogP contribution in [-0.4, -0.2) is 58.5 Å². The molecule has 0 bridgehead atoms. The molecule has 1 N–H and O–H groups in total. The van der Waals surface area contributed by atoms with Gasteiger partial charge in [-0.15, -0.1) is 0 Å². The normalized spacial score (nSPS) is 15.4. The van der Waals surface area contributed by atoms with E-state index in [0.29, 0.717) is 31.7 Å². The molecule has 7 nitrogen and oxygen atoms in total. The van der Waals surface area contributed by atoms with Crippen LogP contribution in [0.1, 0.15) is 20.8 Å². The third-order valence-electron chi connectivity index (χ3n) is 4.22. The summed E-state index contributed by atoms with van der Waals surface area (Å²) in [5, 5.41) is 10.3. The van der Waals surface area contributed by atoms with Crippen molar-refractivity contribution in [3.05, 3.63) is 28.9 Å². The van der Waals surface area contributed by atoms with Gasteiger partial charge in [0.15, 0.2) is 0 Å². The summed E-state index contributed by atoms with van der Waals surface area (Å²) in [5.74, 6) is 0. The molecule has 2 heterocycles. The Bertz CT molecular complexity index is 848. The number of hydrogen-bond donors (Lipinski definition) is 1. The number of rotatable bonds is 1. The van der Waals surface area contributed by atoms with E-state index in [1.807, 2.05) is 32.9 Å². The lowest BCUT2D eigenvalue weighted by Gasteiger charge is -2.36. The topological polar surface area (TPSA) is 75.0 Å². The van der Waals surface area contributed by atoms with E-state index in [1.165, 1.54) is 4.57 Å². The minimum atomic E-state index is -1.02. The molecular weight excluding hydrogens is 402 g/mol. The number of nitrogens with zero attached hydrogens (tertiary/aromatic N) is 3. The number of benzene rings is 1. The number of fused-ring (bicyclic) bond motifs is 1. The molecule has 1 aliphatic rings. The van der Waals surface area contributed by atoms with E-state index in [0.717, 1.165) is 15.5 Å². The van der Waals surface area contributed by atoms with Gasteiger partial charge in [-0.1, -0.05) is 15.9 Å². The zero-order valence-electron chi connectivity index (χ0n) is 15.0. The molecule has 140 valence electrons. The minimum absolute atomic E-state index is 0.312. The average molecular weight is 424 g/mol. The number of amides is 1. The molecule has 1 fully saturated rings. The number of aromatic nitrogens is 1. The summed E-state index contributed by atoms with van der Waals surface area (Å²) in [7, 11) is 0. The summed E-state index contributed by atoms with van der Waals surface area (Å²) in [6.45, 7) is 7.83. The lowest BCUT2D eigenvalue weighted by Crippen LogP contribution is -2.50. The van der Waals surface area contributed by atoms with E-state index in [1.54, 1.807) is 17.2 Å². The van der Waals surface area contributed by atoms with Gasteiger partial charge in [-0.3, -0.25) is 4.57 Å². The van der Waals surface area contributed by atoms with Crippen LogP contribution in [0.4, 0.5) is 15.3 Å². The van der Waals surface area contributed by atoms with E-state index in [-0.39, 0.29) is 6.09 Å². The standard InChI is InChI=1S/C18H22BrN3O4/c1-18(2,3)26-17(25)21-8-6-20(7-9-21)15-11-22(16(23)24)14-5-4-12(19)10-13(14)15/h4-5,10-11H,6-9H2,1-3H3,(H,23,24). The van der Waals surface area contributed by atoms with Crippen molar-refractivity contribution in [1.29, 1.82) is 0 Å². The van der Waals surface area contributed by atoms with Gasteiger partial charge in [0.2, 0.25) is 0 Å². The number of carboxylic acid groups (broad SMARTS) is 1. The number of carbonyl (C=O) groups excluding carboxylic acids is 1. The van der Waals surface area contributed by atoms with Crippen LogP contribution in [0.2, 0.25) is 0 Å². The number of ether oxygens (including phenoxy) is 1. The highest BCUT2D eigenvalue weighted by molar-refractivity contribution is 9.10. The number of carbonyl (C=O) groups is 2. The Morgan fingerprint density at radius 2 is 1.81 bits per heavy atom. The van der Waals surface area contributed by atoms with E-state index in [4.69, 9.17) is 4.74 Å². The quantitative estimate of drug-likeness (QED) is 0.750. The first kappa shape index (κ1) is 18.6. The Balaban J connectivity index is 1.81. The Morgan fingerprint density at radius 3 is 2.38 bits per heavy atom. The third-order valence-corrected chi connectivity index (χ3v) is 4.72. The van der Waals surface area contributed by atoms with E-state index >= 15 is 0 Å². The highest BCUT2D eigenvalue weighted by Crippen LogP contribution is 2.32. The molecule has 26 heavy (non-hydrogen) atoms. The second-order valence-corrected chi connectivity index (χ2v) is 8.20. The number of hydrogen-bond acceptors (Lipinski definition) is 4. The highest BCUT2D eigenvalue weighted by Gasteiger charge is 2.27. The first-order chi connectivity index (χ1) is 12.2. The van der Waals surface area contributed by atoms with Crippen molar-refractivity contribution in [3.8, 4) is 0 Å². The largest absolute Gasteiger partial charge is 0.464 e. The van der Waals surface area contributed by atoms with E-state index in [2.05, 4.69) is 20.8 Å². The molecule has 0 spiro atoms. The average Bonchev–Trinajstić information content (AvgIpc) is 2.92. The second-order valence-electron chi connectivity index (χ2n) is 7.28. The first-order valence-corrected chi connectivity index (χ1v) is 9.22. The molecule has 3 rings (SSSR count). The van der Waals surface area contributed by atoms with Crippen molar-refractivity contribution in [1.82, 2.24) is 9.47 Å². The molecular formula is C18H22BrN3O4. The summed E-state index contributed by atoms with van der Waals surface area (Å²) in [5.41, 5.74) is 0.980. The molecule has 0 radical (unpaired) electrons. The molecule has 1 aromatic heterocycles. The summed E-state index contributed by atoms with van der Waals surface area (Å²) in [6, 6.07) is 5.53. The van der Waals surface area contributed by atoms with Gasteiger partial charge in [0.05, 0.1) is 11.2 Å². The fraction of sp³-hybridized carbons (Fsp3) is 0.444. The fourth-order valence-electron chi connectivity index (χ4n) is 3.05. The summed E-state index contributed by atoms with van der Waals surface area (Å²) in [6.07, 6.45) is 0.312. The predicted molar refractivity (Wildman–Crippen MR) is 103 cm³/mol. The number of halogens is 1. The smallest absolute Gasteiger partial charge is 0.416 e. The maximum Gasteiger partial charge on any atom is 0.416 e. The van der Waals surface area contributed by atoms with Crippen LogP contribution in [0.15, 0.2) is 28.9 Å². The monoisotopic (exact) mass is 423 g/mol. The molecule has 0 saturated carbocycles. The van der Waals surface area contributed by atoms with Gasteiger partial charge in [0.25, 0.3) is 0 Å². The van der Waals surface area contributed by atoms with Gasteiger partial charge in [-0.2, -0.15) is 0 Å². The molecule has 1 amide bonds. The van der Waals surface area contributed by atoms with Crippen LogP contribution < -0.4 is 4.90 Å². The zero-order valence-corrected chi connectivity index (χ0v) is 16.6. The fourth-order valence-corrected chi connectivity index (χ4v) is 3.41. The Morgan fingerprint density at radius 1 is 1.15 bits per heavy atom. The van der Waals surface area contributed by atoms with Gasteiger partial charge < -0.3 is 19.6 Å².